The fourth-order valence-corrected chi connectivity index (χ4v) is 2.29. The number of nitrogen functional groups attached to an aromatic ring is 1. The van der Waals surface area contributed by atoms with Crippen molar-refractivity contribution in [3.63, 3.8) is 0 Å². The molecule has 0 amide bonds. The summed E-state index contributed by atoms with van der Waals surface area (Å²) >= 11 is 0. The Kier molecular flexibility index (Phi) is 6.99. The quantitative estimate of drug-likeness (QED) is 0.563. The van der Waals surface area contributed by atoms with E-state index in [1.807, 2.05) is 0 Å². The van der Waals surface area contributed by atoms with Gasteiger partial charge in [0.1, 0.15) is 5.82 Å². The van der Waals surface area contributed by atoms with Gasteiger partial charge in [-0.15, -0.1) is 0 Å². The summed E-state index contributed by atoms with van der Waals surface area (Å²) < 4.78 is 18.7. The van der Waals surface area contributed by atoms with E-state index in [2.05, 4.69) is 23.9 Å². The molecule has 1 unspecified atom stereocenters. The molecule has 0 spiro atoms. The molecule has 0 aliphatic heterocycles. The second-order valence-electron chi connectivity index (χ2n) is 5.18. The Balaban J connectivity index is 2.96. The van der Waals surface area contributed by atoms with E-state index in [-0.39, 0.29) is 17.3 Å². The van der Waals surface area contributed by atoms with Crippen molar-refractivity contribution in [2.75, 3.05) is 18.2 Å². The van der Waals surface area contributed by atoms with E-state index in [0.717, 1.165) is 38.2 Å². The number of carbonyl (C=O) groups is 1. The van der Waals surface area contributed by atoms with Crippen molar-refractivity contribution < 1.29 is 13.9 Å². The van der Waals surface area contributed by atoms with E-state index in [0.29, 0.717) is 5.69 Å². The van der Waals surface area contributed by atoms with Gasteiger partial charge in [0, 0.05) is 11.7 Å². The minimum atomic E-state index is -0.559. The van der Waals surface area contributed by atoms with E-state index in [4.69, 9.17) is 5.73 Å². The van der Waals surface area contributed by atoms with Gasteiger partial charge in [0.25, 0.3) is 0 Å². The zero-order valence-electron chi connectivity index (χ0n) is 13.0. The summed E-state index contributed by atoms with van der Waals surface area (Å²) in [6.07, 6.45) is 5.12. The van der Waals surface area contributed by atoms with Gasteiger partial charge in [0.15, 0.2) is 0 Å². The molecule has 1 atom stereocenters. The Labute approximate surface area is 125 Å². The van der Waals surface area contributed by atoms with E-state index in [9.17, 15) is 9.18 Å². The normalized spacial score (nSPS) is 12.0. The molecule has 0 heterocycles. The largest absolute Gasteiger partial charge is 0.465 e. The van der Waals surface area contributed by atoms with Gasteiger partial charge in [-0.3, -0.25) is 0 Å². The predicted molar refractivity (Wildman–Crippen MR) is 84.0 cm³/mol. The number of benzene rings is 1. The van der Waals surface area contributed by atoms with Gasteiger partial charge in [-0.2, -0.15) is 0 Å². The van der Waals surface area contributed by atoms with Crippen LogP contribution in [-0.4, -0.2) is 19.1 Å². The van der Waals surface area contributed by atoms with Crippen LogP contribution in [0.2, 0.25) is 0 Å². The van der Waals surface area contributed by atoms with Crippen LogP contribution < -0.4 is 11.1 Å². The Bertz CT molecular complexity index is 478. The molecule has 4 nitrogen and oxygen atoms in total. The van der Waals surface area contributed by atoms with Gasteiger partial charge < -0.3 is 15.8 Å². The lowest BCUT2D eigenvalue weighted by molar-refractivity contribution is 0.0602. The highest BCUT2D eigenvalue weighted by molar-refractivity contribution is 5.96. The molecule has 0 radical (unpaired) electrons. The standard InChI is InChI=1S/C16H25FN2O2/c1-4-6-8-11(7-5-2)19-15-9-12(16(20)21-3)14(18)10-13(15)17/h9-11,19H,4-8,18H2,1-3H3. The maximum atomic E-state index is 14.0. The summed E-state index contributed by atoms with van der Waals surface area (Å²) in [6, 6.07) is 2.79. The zero-order chi connectivity index (χ0) is 15.8. The first-order chi connectivity index (χ1) is 10.0. The minimum Gasteiger partial charge on any atom is -0.465 e. The lowest BCUT2D eigenvalue weighted by Gasteiger charge is -2.20. The second-order valence-corrected chi connectivity index (χ2v) is 5.18. The molecule has 118 valence electrons. The Hall–Kier alpha value is -1.78. The van der Waals surface area contributed by atoms with Crippen LogP contribution in [0.4, 0.5) is 15.8 Å². The number of hydrogen-bond acceptors (Lipinski definition) is 4. The van der Waals surface area contributed by atoms with Crippen LogP contribution in [0.5, 0.6) is 0 Å². The van der Waals surface area contributed by atoms with E-state index in [1.54, 1.807) is 0 Å². The number of rotatable bonds is 8. The monoisotopic (exact) mass is 296 g/mol. The number of hydrogen-bond donors (Lipinski definition) is 2. The van der Waals surface area contributed by atoms with Gasteiger partial charge in [0.2, 0.25) is 0 Å². The first-order valence-corrected chi connectivity index (χ1v) is 7.47. The maximum absolute atomic E-state index is 14.0. The molecule has 21 heavy (non-hydrogen) atoms. The molecule has 0 aliphatic rings. The van der Waals surface area contributed by atoms with Crippen LogP contribution >= 0.6 is 0 Å². The van der Waals surface area contributed by atoms with Gasteiger partial charge in [-0.1, -0.05) is 33.1 Å². The third kappa shape index (κ3) is 4.92. The minimum absolute atomic E-state index is 0.0884. The van der Waals surface area contributed by atoms with Crippen LogP contribution in [0.15, 0.2) is 12.1 Å². The Morgan fingerprint density at radius 3 is 2.62 bits per heavy atom. The summed E-state index contributed by atoms with van der Waals surface area (Å²) in [5, 5.41) is 3.19. The molecule has 0 aromatic heterocycles. The molecule has 5 heteroatoms. The summed E-state index contributed by atoms with van der Waals surface area (Å²) in [7, 11) is 1.28. The topological polar surface area (TPSA) is 64.3 Å². The van der Waals surface area contributed by atoms with Gasteiger partial charge in [-0.05, 0) is 25.0 Å². The van der Waals surface area contributed by atoms with E-state index >= 15 is 0 Å². The fourth-order valence-electron chi connectivity index (χ4n) is 2.29. The van der Waals surface area contributed by atoms with Crippen LogP contribution in [0.3, 0.4) is 0 Å². The molecule has 0 saturated carbocycles. The molecule has 1 aromatic carbocycles. The number of unbranched alkanes of at least 4 members (excludes halogenated alkanes) is 1. The molecular formula is C16H25FN2O2. The molecule has 1 rings (SSSR count). The highest BCUT2D eigenvalue weighted by atomic mass is 19.1. The van der Waals surface area contributed by atoms with Crippen molar-refractivity contribution in [1.29, 1.82) is 0 Å². The van der Waals surface area contributed by atoms with Crippen molar-refractivity contribution >= 4 is 17.3 Å². The molecule has 1 aromatic rings. The second kappa shape index (κ2) is 8.49. The third-order valence-corrected chi connectivity index (χ3v) is 3.45. The van der Waals surface area contributed by atoms with Gasteiger partial charge in [0.05, 0.1) is 18.4 Å². The molecule has 0 aliphatic carbocycles. The number of halogens is 1. The first-order valence-electron chi connectivity index (χ1n) is 7.47. The Morgan fingerprint density at radius 1 is 1.33 bits per heavy atom. The first kappa shape index (κ1) is 17.3. The van der Waals surface area contributed by atoms with Gasteiger partial charge in [-0.25, -0.2) is 9.18 Å². The number of anilines is 2. The van der Waals surface area contributed by atoms with Crippen molar-refractivity contribution in [2.24, 2.45) is 0 Å². The summed E-state index contributed by atoms with van der Waals surface area (Å²) in [6.45, 7) is 4.22. The maximum Gasteiger partial charge on any atom is 0.340 e. The summed E-state index contributed by atoms with van der Waals surface area (Å²) in [5.74, 6) is -1.01. The average Bonchev–Trinajstić information content (AvgIpc) is 2.46. The summed E-state index contributed by atoms with van der Waals surface area (Å²) in [5.41, 5.74) is 6.25. The lowest BCUT2D eigenvalue weighted by atomic mass is 10.0. The number of nitrogens with one attached hydrogen (secondary N) is 1. The van der Waals surface area contributed by atoms with Crippen LogP contribution in [-0.2, 0) is 4.74 Å². The van der Waals surface area contributed by atoms with Crippen molar-refractivity contribution in [3.05, 3.63) is 23.5 Å². The van der Waals surface area contributed by atoms with Crippen LogP contribution in [0, 0.1) is 5.82 Å². The molecule has 0 bridgehead atoms. The third-order valence-electron chi connectivity index (χ3n) is 3.45. The van der Waals surface area contributed by atoms with Gasteiger partial charge >= 0.3 is 5.97 Å². The molecule has 0 saturated heterocycles. The highest BCUT2D eigenvalue weighted by Crippen LogP contribution is 2.25. The predicted octanol–water partition coefficient (Wildman–Crippen LogP) is 3.97. The number of ether oxygens (including phenoxy) is 1. The summed E-state index contributed by atoms with van der Waals surface area (Å²) in [4.78, 5) is 11.6. The average molecular weight is 296 g/mol. The molecule has 3 N–H and O–H groups in total. The van der Waals surface area contributed by atoms with Crippen LogP contribution in [0.25, 0.3) is 0 Å². The lowest BCUT2D eigenvalue weighted by Crippen LogP contribution is -2.20. The highest BCUT2D eigenvalue weighted by Gasteiger charge is 2.16. The SMILES string of the molecule is CCCCC(CCC)Nc1cc(C(=O)OC)c(N)cc1F. The van der Waals surface area contributed by atoms with Crippen LogP contribution in [0.1, 0.15) is 56.3 Å². The fraction of sp³-hybridized carbons (Fsp3) is 0.562. The number of methoxy groups -OCH3 is 1. The number of esters is 1. The van der Waals surface area contributed by atoms with Crippen molar-refractivity contribution in [3.8, 4) is 0 Å². The smallest absolute Gasteiger partial charge is 0.340 e. The molecule has 0 fully saturated rings. The van der Waals surface area contributed by atoms with Crippen molar-refractivity contribution in [1.82, 2.24) is 0 Å². The number of carbonyl (C=O) groups excluding carboxylic acids is 1. The van der Waals surface area contributed by atoms with Crippen molar-refractivity contribution in [2.45, 2.75) is 52.0 Å². The zero-order valence-corrected chi connectivity index (χ0v) is 13.0. The number of nitrogens with two attached hydrogens (primary N) is 1. The Morgan fingerprint density at radius 2 is 2.05 bits per heavy atom. The van der Waals surface area contributed by atoms with E-state index in [1.165, 1.54) is 13.2 Å². The molecular weight excluding hydrogens is 271 g/mol. The van der Waals surface area contributed by atoms with E-state index < -0.39 is 11.8 Å².